The lowest BCUT2D eigenvalue weighted by Gasteiger charge is -2.29. The smallest absolute Gasteiger partial charge is 0.227 e. The van der Waals surface area contributed by atoms with Crippen molar-refractivity contribution in [3.05, 3.63) is 0 Å². The van der Waals surface area contributed by atoms with Crippen LogP contribution in [0.4, 0.5) is 0 Å². The molecule has 1 fully saturated rings. The number of hydrogen-bond donors (Lipinski definition) is 1. The lowest BCUT2D eigenvalue weighted by Crippen LogP contribution is -2.46. The van der Waals surface area contributed by atoms with Gasteiger partial charge in [0.25, 0.3) is 0 Å². The van der Waals surface area contributed by atoms with Crippen LogP contribution in [0.1, 0.15) is 19.8 Å². The van der Waals surface area contributed by atoms with Crippen LogP contribution in [-0.4, -0.2) is 46.2 Å². The van der Waals surface area contributed by atoms with Gasteiger partial charge in [-0.2, -0.15) is 0 Å². The molecule has 0 aromatic rings. The standard InChI is InChI=1S/C10H20N2O2S/c1-2-3-9(8-11)10(13)12-4-6-15(14)7-5-12/h9H,2-8,11H2,1H3. The summed E-state index contributed by atoms with van der Waals surface area (Å²) in [5.41, 5.74) is 5.59. The Labute approximate surface area is 93.7 Å². The van der Waals surface area contributed by atoms with Crippen molar-refractivity contribution < 1.29 is 9.00 Å². The summed E-state index contributed by atoms with van der Waals surface area (Å²) in [5.74, 6) is 1.35. The molecule has 4 nitrogen and oxygen atoms in total. The van der Waals surface area contributed by atoms with Crippen LogP contribution in [0.15, 0.2) is 0 Å². The van der Waals surface area contributed by atoms with E-state index in [2.05, 4.69) is 6.92 Å². The number of hydrogen-bond acceptors (Lipinski definition) is 3. The Morgan fingerprint density at radius 2 is 2.07 bits per heavy atom. The maximum atomic E-state index is 12.0. The van der Waals surface area contributed by atoms with E-state index in [1.807, 2.05) is 4.90 Å². The number of carbonyl (C=O) groups is 1. The molecule has 2 N–H and O–H groups in total. The molecule has 0 aliphatic carbocycles. The molecule has 0 aromatic heterocycles. The van der Waals surface area contributed by atoms with Gasteiger partial charge in [0.15, 0.2) is 0 Å². The Bertz CT molecular complexity index is 236. The highest BCUT2D eigenvalue weighted by Crippen LogP contribution is 2.11. The predicted molar refractivity (Wildman–Crippen MR) is 61.9 cm³/mol. The molecule has 15 heavy (non-hydrogen) atoms. The van der Waals surface area contributed by atoms with E-state index in [-0.39, 0.29) is 11.8 Å². The second-order valence-electron chi connectivity index (χ2n) is 3.89. The average molecular weight is 232 g/mol. The summed E-state index contributed by atoms with van der Waals surface area (Å²) >= 11 is 0. The van der Waals surface area contributed by atoms with E-state index in [0.29, 0.717) is 31.1 Å². The zero-order valence-electron chi connectivity index (χ0n) is 9.28. The fourth-order valence-electron chi connectivity index (χ4n) is 1.81. The summed E-state index contributed by atoms with van der Waals surface area (Å²) in [7, 11) is -0.721. The third-order valence-electron chi connectivity index (χ3n) is 2.76. The molecule has 0 spiro atoms. The second kappa shape index (κ2) is 6.23. The van der Waals surface area contributed by atoms with Gasteiger partial charge in [-0.3, -0.25) is 9.00 Å². The molecule has 1 aliphatic heterocycles. The van der Waals surface area contributed by atoms with Crippen LogP contribution in [0, 0.1) is 5.92 Å². The average Bonchev–Trinajstić information content (AvgIpc) is 2.26. The van der Waals surface area contributed by atoms with Crippen LogP contribution < -0.4 is 5.73 Å². The van der Waals surface area contributed by atoms with Gasteiger partial charge in [-0.1, -0.05) is 13.3 Å². The Balaban J connectivity index is 2.47. The fourth-order valence-corrected chi connectivity index (χ4v) is 2.86. The van der Waals surface area contributed by atoms with Gasteiger partial charge in [0.2, 0.25) is 5.91 Å². The molecule has 1 rings (SSSR count). The van der Waals surface area contributed by atoms with Gasteiger partial charge in [0.05, 0.1) is 5.92 Å². The molecule has 0 saturated carbocycles. The fraction of sp³-hybridized carbons (Fsp3) is 0.900. The quantitative estimate of drug-likeness (QED) is 0.739. The number of nitrogens with two attached hydrogens (primary N) is 1. The first kappa shape index (κ1) is 12.6. The molecule has 1 heterocycles. The molecule has 1 amide bonds. The van der Waals surface area contributed by atoms with Gasteiger partial charge in [-0.05, 0) is 6.42 Å². The van der Waals surface area contributed by atoms with Gasteiger partial charge in [0, 0.05) is 41.9 Å². The van der Waals surface area contributed by atoms with Gasteiger partial charge in [0.1, 0.15) is 0 Å². The second-order valence-corrected chi connectivity index (χ2v) is 5.59. The van der Waals surface area contributed by atoms with Gasteiger partial charge in [-0.15, -0.1) is 0 Å². The van der Waals surface area contributed by atoms with Crippen LogP contribution >= 0.6 is 0 Å². The van der Waals surface area contributed by atoms with Crippen LogP contribution in [0.25, 0.3) is 0 Å². The summed E-state index contributed by atoms with van der Waals surface area (Å²) in [6, 6.07) is 0. The van der Waals surface area contributed by atoms with E-state index in [4.69, 9.17) is 5.73 Å². The molecule has 1 aliphatic rings. The minimum Gasteiger partial charge on any atom is -0.341 e. The van der Waals surface area contributed by atoms with Gasteiger partial charge >= 0.3 is 0 Å². The Kier molecular flexibility index (Phi) is 5.25. The Morgan fingerprint density at radius 1 is 1.47 bits per heavy atom. The Hall–Kier alpha value is -0.420. The summed E-state index contributed by atoms with van der Waals surface area (Å²) in [4.78, 5) is 13.8. The molecule has 0 bridgehead atoms. The van der Waals surface area contributed by atoms with Crippen LogP contribution in [-0.2, 0) is 15.6 Å². The van der Waals surface area contributed by atoms with E-state index in [1.54, 1.807) is 0 Å². The van der Waals surface area contributed by atoms with E-state index in [1.165, 1.54) is 0 Å². The largest absolute Gasteiger partial charge is 0.341 e. The van der Waals surface area contributed by atoms with Crippen molar-refractivity contribution >= 4 is 16.7 Å². The predicted octanol–water partition coefficient (Wildman–Crippen LogP) is -0.0477. The lowest BCUT2D eigenvalue weighted by atomic mass is 10.0. The molecule has 5 heteroatoms. The van der Waals surface area contributed by atoms with Crippen molar-refractivity contribution in [2.24, 2.45) is 11.7 Å². The summed E-state index contributed by atoms with van der Waals surface area (Å²) in [5, 5.41) is 0. The van der Waals surface area contributed by atoms with Crippen molar-refractivity contribution in [1.82, 2.24) is 4.90 Å². The van der Waals surface area contributed by atoms with E-state index in [9.17, 15) is 9.00 Å². The van der Waals surface area contributed by atoms with Crippen molar-refractivity contribution in [2.75, 3.05) is 31.1 Å². The third-order valence-corrected chi connectivity index (χ3v) is 4.04. The normalized spacial score (nSPS) is 20.3. The van der Waals surface area contributed by atoms with E-state index >= 15 is 0 Å². The molecular weight excluding hydrogens is 212 g/mol. The molecular formula is C10H20N2O2S. The maximum absolute atomic E-state index is 12.0. The van der Waals surface area contributed by atoms with Crippen LogP contribution in [0.5, 0.6) is 0 Å². The highest BCUT2D eigenvalue weighted by atomic mass is 32.2. The van der Waals surface area contributed by atoms with E-state index < -0.39 is 10.8 Å². The molecule has 0 radical (unpaired) electrons. The number of carbonyl (C=O) groups excluding carboxylic acids is 1. The van der Waals surface area contributed by atoms with Gasteiger partial charge < -0.3 is 10.6 Å². The topological polar surface area (TPSA) is 63.4 Å². The molecule has 0 aromatic carbocycles. The van der Waals surface area contributed by atoms with E-state index in [0.717, 1.165) is 12.8 Å². The van der Waals surface area contributed by atoms with Crippen molar-refractivity contribution in [3.8, 4) is 0 Å². The monoisotopic (exact) mass is 232 g/mol. The highest BCUT2D eigenvalue weighted by molar-refractivity contribution is 7.85. The molecule has 1 saturated heterocycles. The molecule has 88 valence electrons. The third kappa shape index (κ3) is 3.57. The zero-order valence-corrected chi connectivity index (χ0v) is 10.1. The molecule has 1 atom stereocenters. The van der Waals surface area contributed by atoms with Crippen LogP contribution in [0.2, 0.25) is 0 Å². The number of amides is 1. The van der Waals surface area contributed by atoms with Crippen molar-refractivity contribution in [1.29, 1.82) is 0 Å². The summed E-state index contributed by atoms with van der Waals surface area (Å²) < 4.78 is 11.1. The first-order chi connectivity index (χ1) is 7.19. The van der Waals surface area contributed by atoms with Crippen molar-refractivity contribution in [2.45, 2.75) is 19.8 Å². The first-order valence-electron chi connectivity index (χ1n) is 5.52. The molecule has 1 unspecified atom stereocenters. The zero-order chi connectivity index (χ0) is 11.3. The van der Waals surface area contributed by atoms with Crippen molar-refractivity contribution in [3.63, 3.8) is 0 Å². The number of nitrogens with zero attached hydrogens (tertiary/aromatic N) is 1. The first-order valence-corrected chi connectivity index (χ1v) is 7.01. The van der Waals surface area contributed by atoms with Crippen LogP contribution in [0.3, 0.4) is 0 Å². The number of rotatable bonds is 4. The SMILES string of the molecule is CCCC(CN)C(=O)N1CCS(=O)CC1. The maximum Gasteiger partial charge on any atom is 0.227 e. The van der Waals surface area contributed by atoms with Gasteiger partial charge in [-0.25, -0.2) is 0 Å². The highest BCUT2D eigenvalue weighted by Gasteiger charge is 2.25. The lowest BCUT2D eigenvalue weighted by molar-refractivity contribution is -0.135. The summed E-state index contributed by atoms with van der Waals surface area (Å²) in [6.07, 6.45) is 1.84. The minimum absolute atomic E-state index is 0.0402. The Morgan fingerprint density at radius 3 is 2.53 bits per heavy atom. The summed E-state index contributed by atoms with van der Waals surface area (Å²) in [6.45, 7) is 3.74. The minimum atomic E-state index is -0.721.